The van der Waals surface area contributed by atoms with Crippen molar-refractivity contribution in [1.82, 2.24) is 15.2 Å². The maximum Gasteiger partial charge on any atom is 0.257 e. The molecule has 0 atom stereocenters. The number of aromatic amines is 1. The molecule has 0 unspecified atom stereocenters. The van der Waals surface area contributed by atoms with Crippen LogP contribution in [-0.2, 0) is 0 Å². The van der Waals surface area contributed by atoms with E-state index in [0.29, 0.717) is 17.1 Å². The number of anilines is 2. The van der Waals surface area contributed by atoms with Crippen molar-refractivity contribution >= 4 is 28.3 Å². The van der Waals surface area contributed by atoms with Crippen molar-refractivity contribution in [3.05, 3.63) is 47.8 Å². The number of rotatable bonds is 2. The van der Waals surface area contributed by atoms with E-state index in [4.69, 9.17) is 5.73 Å². The zero-order valence-corrected chi connectivity index (χ0v) is 10.8. The zero-order valence-electron chi connectivity index (χ0n) is 10.8. The highest BCUT2D eigenvalue weighted by Crippen LogP contribution is 2.21. The van der Waals surface area contributed by atoms with Crippen molar-refractivity contribution < 1.29 is 4.79 Å². The third-order valence-corrected chi connectivity index (χ3v) is 3.12. The van der Waals surface area contributed by atoms with Gasteiger partial charge in [0.05, 0.1) is 22.5 Å². The molecule has 0 aliphatic carbocycles. The molecule has 0 saturated heterocycles. The normalized spacial score (nSPS) is 10.7. The van der Waals surface area contributed by atoms with Crippen LogP contribution in [0.3, 0.4) is 0 Å². The first-order valence-electron chi connectivity index (χ1n) is 6.12. The van der Waals surface area contributed by atoms with Crippen LogP contribution >= 0.6 is 0 Å². The van der Waals surface area contributed by atoms with Gasteiger partial charge in [0.25, 0.3) is 5.91 Å². The van der Waals surface area contributed by atoms with E-state index < -0.39 is 0 Å². The fourth-order valence-corrected chi connectivity index (χ4v) is 2.00. The molecule has 6 nitrogen and oxygen atoms in total. The number of hydrogen-bond acceptors (Lipinski definition) is 4. The summed E-state index contributed by atoms with van der Waals surface area (Å²) in [7, 11) is 0. The van der Waals surface area contributed by atoms with E-state index >= 15 is 0 Å². The molecule has 0 saturated carbocycles. The van der Waals surface area contributed by atoms with E-state index in [1.54, 1.807) is 19.2 Å². The minimum Gasteiger partial charge on any atom is -0.394 e. The predicted octanol–water partition coefficient (Wildman–Crippen LogP) is 2.10. The van der Waals surface area contributed by atoms with Crippen LogP contribution in [-0.4, -0.2) is 21.1 Å². The van der Waals surface area contributed by atoms with Crippen molar-refractivity contribution in [1.29, 1.82) is 0 Å². The Morgan fingerprint density at radius 1 is 1.30 bits per heavy atom. The van der Waals surface area contributed by atoms with Crippen LogP contribution in [0.2, 0.25) is 0 Å². The van der Waals surface area contributed by atoms with Gasteiger partial charge in [-0.2, -0.15) is 5.10 Å². The Balaban J connectivity index is 1.99. The summed E-state index contributed by atoms with van der Waals surface area (Å²) in [6.45, 7) is 1.79. The first kappa shape index (κ1) is 12.2. The lowest BCUT2D eigenvalue weighted by molar-refractivity contribution is 0.102. The number of amides is 1. The summed E-state index contributed by atoms with van der Waals surface area (Å²) in [5, 5.41) is 10.2. The Morgan fingerprint density at radius 2 is 2.10 bits per heavy atom. The van der Waals surface area contributed by atoms with Crippen LogP contribution in [0.1, 0.15) is 16.1 Å². The number of aromatic nitrogens is 3. The highest BCUT2D eigenvalue weighted by atomic mass is 16.1. The Morgan fingerprint density at radius 3 is 2.85 bits per heavy atom. The molecule has 0 bridgehead atoms. The van der Waals surface area contributed by atoms with Gasteiger partial charge in [0, 0.05) is 11.6 Å². The van der Waals surface area contributed by atoms with E-state index in [9.17, 15) is 4.79 Å². The molecule has 6 heteroatoms. The predicted molar refractivity (Wildman–Crippen MR) is 77.4 cm³/mol. The van der Waals surface area contributed by atoms with Crippen molar-refractivity contribution in [2.24, 2.45) is 0 Å². The van der Waals surface area contributed by atoms with Gasteiger partial charge in [-0.25, -0.2) is 0 Å². The lowest BCUT2D eigenvalue weighted by Crippen LogP contribution is -2.14. The van der Waals surface area contributed by atoms with Gasteiger partial charge in [-0.15, -0.1) is 0 Å². The van der Waals surface area contributed by atoms with Crippen molar-refractivity contribution in [2.45, 2.75) is 6.92 Å². The van der Waals surface area contributed by atoms with Gasteiger partial charge in [-0.1, -0.05) is 18.2 Å². The van der Waals surface area contributed by atoms with Gasteiger partial charge in [-0.3, -0.25) is 14.9 Å². The number of para-hydroxylation sites is 1. The van der Waals surface area contributed by atoms with E-state index in [-0.39, 0.29) is 5.91 Å². The number of nitrogens with one attached hydrogen (secondary N) is 2. The average molecular weight is 267 g/mol. The summed E-state index contributed by atoms with van der Waals surface area (Å²) in [6, 6.07) is 9.14. The number of nitrogen functional groups attached to an aromatic ring is 1. The molecule has 3 aromatic rings. The molecule has 20 heavy (non-hydrogen) atoms. The molecule has 0 aliphatic rings. The number of fused-ring (bicyclic) bond motifs is 1. The Labute approximate surface area is 115 Å². The maximum atomic E-state index is 12.3. The summed E-state index contributed by atoms with van der Waals surface area (Å²) in [5.41, 5.74) is 8.29. The van der Waals surface area contributed by atoms with Crippen LogP contribution in [0.25, 0.3) is 10.9 Å². The van der Waals surface area contributed by atoms with Crippen LogP contribution in [0.4, 0.5) is 11.5 Å². The van der Waals surface area contributed by atoms with Crippen LogP contribution in [0.15, 0.2) is 36.5 Å². The van der Waals surface area contributed by atoms with Crippen molar-refractivity contribution in [3.63, 3.8) is 0 Å². The highest BCUT2D eigenvalue weighted by Gasteiger charge is 2.14. The van der Waals surface area contributed by atoms with E-state index in [1.165, 1.54) is 0 Å². The molecule has 4 N–H and O–H groups in total. The number of carbonyl (C=O) groups excluding carboxylic acids is 1. The monoisotopic (exact) mass is 267 g/mol. The third-order valence-electron chi connectivity index (χ3n) is 3.12. The molecule has 1 aromatic carbocycles. The van der Waals surface area contributed by atoms with Crippen LogP contribution < -0.4 is 11.1 Å². The quantitative estimate of drug-likeness (QED) is 0.662. The number of benzene rings is 1. The van der Waals surface area contributed by atoms with Gasteiger partial charge in [0.1, 0.15) is 0 Å². The van der Waals surface area contributed by atoms with Crippen LogP contribution in [0, 0.1) is 6.92 Å². The molecule has 2 aromatic heterocycles. The van der Waals surface area contributed by atoms with Gasteiger partial charge in [0.2, 0.25) is 0 Å². The smallest absolute Gasteiger partial charge is 0.257 e. The standard InChI is InChI=1S/C14H13N5O/c1-8-12(15)13(19-18-8)17-14(20)10-6-7-16-11-5-3-2-4-9(10)11/h2-7H,15H2,1H3,(H2,17,18,19,20). The average Bonchev–Trinajstić information content (AvgIpc) is 2.78. The molecule has 2 heterocycles. The number of carbonyl (C=O) groups is 1. The highest BCUT2D eigenvalue weighted by molar-refractivity contribution is 6.12. The Kier molecular flexibility index (Phi) is 2.83. The van der Waals surface area contributed by atoms with E-state index in [2.05, 4.69) is 20.5 Å². The molecular weight excluding hydrogens is 254 g/mol. The lowest BCUT2D eigenvalue weighted by atomic mass is 10.1. The minimum absolute atomic E-state index is 0.262. The van der Waals surface area contributed by atoms with Gasteiger partial charge in [0.15, 0.2) is 5.82 Å². The Bertz CT molecular complexity index is 788. The third kappa shape index (κ3) is 1.97. The summed E-state index contributed by atoms with van der Waals surface area (Å²) >= 11 is 0. The molecule has 0 aliphatic heterocycles. The number of pyridine rings is 1. The van der Waals surface area contributed by atoms with Crippen molar-refractivity contribution in [2.75, 3.05) is 11.1 Å². The van der Waals surface area contributed by atoms with Gasteiger partial charge >= 0.3 is 0 Å². The summed E-state index contributed by atoms with van der Waals surface area (Å²) < 4.78 is 0. The number of nitrogens with zero attached hydrogens (tertiary/aromatic N) is 2. The second-order valence-electron chi connectivity index (χ2n) is 4.44. The van der Waals surface area contributed by atoms with Crippen LogP contribution in [0.5, 0.6) is 0 Å². The second-order valence-corrected chi connectivity index (χ2v) is 4.44. The number of hydrogen-bond donors (Lipinski definition) is 3. The Hall–Kier alpha value is -2.89. The van der Waals surface area contributed by atoms with E-state index in [1.807, 2.05) is 24.3 Å². The maximum absolute atomic E-state index is 12.3. The molecular formula is C14H13N5O. The zero-order chi connectivity index (χ0) is 14.1. The minimum atomic E-state index is -0.262. The number of H-pyrrole nitrogens is 1. The summed E-state index contributed by atoms with van der Waals surface area (Å²) in [6.07, 6.45) is 1.61. The fraction of sp³-hybridized carbons (Fsp3) is 0.0714. The molecule has 1 amide bonds. The van der Waals surface area contributed by atoms with Gasteiger partial charge in [-0.05, 0) is 19.1 Å². The SMILES string of the molecule is Cc1[nH]nc(NC(=O)c2ccnc3ccccc23)c1N. The van der Waals surface area contributed by atoms with Crippen molar-refractivity contribution in [3.8, 4) is 0 Å². The molecule has 0 radical (unpaired) electrons. The molecule has 0 fully saturated rings. The van der Waals surface area contributed by atoms with E-state index in [0.717, 1.165) is 16.6 Å². The molecule has 100 valence electrons. The topological polar surface area (TPSA) is 96.7 Å². The first-order chi connectivity index (χ1) is 9.66. The largest absolute Gasteiger partial charge is 0.394 e. The second kappa shape index (κ2) is 4.65. The van der Waals surface area contributed by atoms with Gasteiger partial charge < -0.3 is 11.1 Å². The number of aryl methyl sites for hydroxylation is 1. The first-order valence-corrected chi connectivity index (χ1v) is 6.12. The summed E-state index contributed by atoms with van der Waals surface area (Å²) in [4.78, 5) is 16.6. The molecule has 3 rings (SSSR count). The fourth-order valence-electron chi connectivity index (χ4n) is 2.00. The number of nitrogens with two attached hydrogens (primary N) is 1. The molecule has 0 spiro atoms. The summed E-state index contributed by atoms with van der Waals surface area (Å²) in [5.74, 6) is 0.0789. The lowest BCUT2D eigenvalue weighted by Gasteiger charge is -2.06.